The molecule has 4 aromatic rings. The van der Waals surface area contributed by atoms with Crippen LogP contribution in [0.1, 0.15) is 5.56 Å². The standard InChI is InChI=1S/C26H26N8/c1-34(2)23-17-15-20(16-18-23)10-9-19-27-33-26-31-24(28-21-11-5-3-6-12-21)30-25(32-26)29-22-13-7-4-8-14-22/h3-19H,1-2H3,(H3,28,29,30,31,32,33)/b10-9+,27-19+. The molecule has 0 unspecified atom stereocenters. The minimum Gasteiger partial charge on any atom is -0.378 e. The van der Waals surface area contributed by atoms with Crippen molar-refractivity contribution in [3.05, 3.63) is 96.6 Å². The van der Waals surface area contributed by atoms with Crippen LogP contribution in [0.5, 0.6) is 0 Å². The van der Waals surface area contributed by atoms with Crippen LogP contribution < -0.4 is 21.0 Å². The Bertz CT molecular complexity index is 1180. The summed E-state index contributed by atoms with van der Waals surface area (Å²) in [5, 5.41) is 10.6. The highest BCUT2D eigenvalue weighted by Crippen LogP contribution is 2.18. The van der Waals surface area contributed by atoms with E-state index in [0.717, 1.165) is 22.6 Å². The molecule has 0 atom stereocenters. The summed E-state index contributed by atoms with van der Waals surface area (Å²) in [6.45, 7) is 0. The number of nitrogens with zero attached hydrogens (tertiary/aromatic N) is 5. The first kappa shape index (κ1) is 22.5. The predicted molar refractivity (Wildman–Crippen MR) is 141 cm³/mol. The SMILES string of the molecule is CN(C)c1ccc(/C=C/C=N/Nc2nc(Nc3ccccc3)nc(Nc3ccccc3)n2)cc1. The summed E-state index contributed by atoms with van der Waals surface area (Å²) in [5.74, 6) is 1.11. The molecule has 0 aliphatic heterocycles. The number of anilines is 6. The first-order valence-electron chi connectivity index (χ1n) is 10.8. The normalized spacial score (nSPS) is 11.0. The maximum atomic E-state index is 4.47. The van der Waals surface area contributed by atoms with Crippen LogP contribution in [0.4, 0.5) is 34.9 Å². The zero-order valence-corrected chi connectivity index (χ0v) is 19.1. The molecule has 8 heteroatoms. The number of aromatic nitrogens is 3. The van der Waals surface area contributed by atoms with Gasteiger partial charge in [0.2, 0.25) is 17.8 Å². The summed E-state index contributed by atoms with van der Waals surface area (Å²) in [7, 11) is 4.04. The molecule has 1 aromatic heterocycles. The topological polar surface area (TPSA) is 90.4 Å². The molecule has 0 bridgehead atoms. The molecule has 0 spiro atoms. The van der Waals surface area contributed by atoms with Crippen LogP contribution in [-0.2, 0) is 0 Å². The van der Waals surface area contributed by atoms with Gasteiger partial charge in [0, 0.05) is 37.4 Å². The van der Waals surface area contributed by atoms with Crippen LogP contribution in [0, 0.1) is 0 Å². The number of allylic oxidation sites excluding steroid dienone is 1. The average molecular weight is 451 g/mol. The Hall–Kier alpha value is -4.72. The fourth-order valence-electron chi connectivity index (χ4n) is 3.01. The van der Waals surface area contributed by atoms with Crippen molar-refractivity contribution in [3.8, 4) is 0 Å². The second kappa shape index (κ2) is 11.2. The first-order valence-corrected chi connectivity index (χ1v) is 10.8. The van der Waals surface area contributed by atoms with Crippen LogP contribution in [0.3, 0.4) is 0 Å². The van der Waals surface area contributed by atoms with E-state index in [2.05, 4.69) is 65.3 Å². The van der Waals surface area contributed by atoms with Crippen molar-refractivity contribution in [2.45, 2.75) is 0 Å². The first-order chi connectivity index (χ1) is 16.7. The second-order valence-electron chi connectivity index (χ2n) is 7.52. The van der Waals surface area contributed by atoms with Crippen molar-refractivity contribution in [2.75, 3.05) is 35.1 Å². The van der Waals surface area contributed by atoms with Gasteiger partial charge in [0.1, 0.15) is 0 Å². The largest absolute Gasteiger partial charge is 0.378 e. The third-order valence-corrected chi connectivity index (χ3v) is 4.72. The molecule has 8 nitrogen and oxygen atoms in total. The lowest BCUT2D eigenvalue weighted by Crippen LogP contribution is -2.07. The number of hydrogen-bond acceptors (Lipinski definition) is 8. The van der Waals surface area contributed by atoms with Crippen LogP contribution in [0.2, 0.25) is 0 Å². The quantitative estimate of drug-likeness (QED) is 0.228. The third kappa shape index (κ3) is 6.64. The highest BCUT2D eigenvalue weighted by atomic mass is 15.4. The van der Waals surface area contributed by atoms with Crippen molar-refractivity contribution in [1.82, 2.24) is 15.0 Å². The van der Waals surface area contributed by atoms with Crippen molar-refractivity contribution >= 4 is 47.2 Å². The molecule has 0 fully saturated rings. The molecule has 3 N–H and O–H groups in total. The summed E-state index contributed by atoms with van der Waals surface area (Å²) >= 11 is 0. The van der Waals surface area contributed by atoms with Crippen molar-refractivity contribution in [1.29, 1.82) is 0 Å². The van der Waals surface area contributed by atoms with Gasteiger partial charge in [-0.25, -0.2) is 5.43 Å². The van der Waals surface area contributed by atoms with Crippen molar-refractivity contribution < 1.29 is 0 Å². The highest BCUT2D eigenvalue weighted by molar-refractivity contribution is 5.79. The maximum Gasteiger partial charge on any atom is 0.250 e. The molecule has 0 radical (unpaired) electrons. The van der Waals surface area contributed by atoms with Gasteiger partial charge in [-0.15, -0.1) is 0 Å². The van der Waals surface area contributed by atoms with Gasteiger partial charge in [-0.05, 0) is 48.0 Å². The van der Waals surface area contributed by atoms with E-state index in [1.807, 2.05) is 86.9 Å². The zero-order chi connectivity index (χ0) is 23.6. The summed E-state index contributed by atoms with van der Waals surface area (Å²) in [6, 6.07) is 27.7. The van der Waals surface area contributed by atoms with E-state index in [0.29, 0.717) is 17.8 Å². The highest BCUT2D eigenvalue weighted by Gasteiger charge is 2.07. The molecule has 170 valence electrons. The number of benzene rings is 3. The molecule has 0 saturated heterocycles. The minimum absolute atomic E-state index is 0.312. The lowest BCUT2D eigenvalue weighted by Gasteiger charge is -2.11. The van der Waals surface area contributed by atoms with Gasteiger partial charge in [0.05, 0.1) is 0 Å². The fraction of sp³-hybridized carbons (Fsp3) is 0.0769. The molecular weight excluding hydrogens is 424 g/mol. The number of nitrogens with one attached hydrogen (secondary N) is 3. The van der Waals surface area contributed by atoms with Crippen molar-refractivity contribution in [3.63, 3.8) is 0 Å². The molecule has 0 aliphatic rings. The van der Waals surface area contributed by atoms with Crippen LogP contribution in [0.15, 0.2) is 96.1 Å². The van der Waals surface area contributed by atoms with E-state index in [-0.39, 0.29) is 0 Å². The molecule has 1 heterocycles. The summed E-state index contributed by atoms with van der Waals surface area (Å²) in [6.07, 6.45) is 5.48. The third-order valence-electron chi connectivity index (χ3n) is 4.72. The maximum absolute atomic E-state index is 4.47. The molecule has 4 rings (SSSR count). The number of hydrazone groups is 1. The second-order valence-corrected chi connectivity index (χ2v) is 7.52. The Labute approximate surface area is 199 Å². The van der Waals surface area contributed by atoms with E-state index in [1.54, 1.807) is 6.21 Å². The molecule has 0 aliphatic carbocycles. The van der Waals surface area contributed by atoms with E-state index < -0.39 is 0 Å². The molecule has 3 aromatic carbocycles. The summed E-state index contributed by atoms with van der Waals surface area (Å²) < 4.78 is 0. The summed E-state index contributed by atoms with van der Waals surface area (Å²) in [5.41, 5.74) is 6.86. The van der Waals surface area contributed by atoms with E-state index >= 15 is 0 Å². The number of hydrogen-bond donors (Lipinski definition) is 3. The van der Waals surface area contributed by atoms with E-state index in [4.69, 9.17) is 0 Å². The van der Waals surface area contributed by atoms with Crippen LogP contribution in [-0.4, -0.2) is 35.3 Å². The zero-order valence-electron chi connectivity index (χ0n) is 19.1. The van der Waals surface area contributed by atoms with Gasteiger partial charge in [-0.1, -0.05) is 54.6 Å². The summed E-state index contributed by atoms with van der Waals surface area (Å²) in [4.78, 5) is 15.4. The molecule has 0 amide bonds. The van der Waals surface area contributed by atoms with Gasteiger partial charge in [0.25, 0.3) is 0 Å². The monoisotopic (exact) mass is 450 g/mol. The molecule has 34 heavy (non-hydrogen) atoms. The van der Waals surface area contributed by atoms with Crippen LogP contribution in [0.25, 0.3) is 6.08 Å². The molecule has 0 saturated carbocycles. The van der Waals surface area contributed by atoms with Gasteiger partial charge >= 0.3 is 0 Å². The average Bonchev–Trinajstić information content (AvgIpc) is 2.85. The minimum atomic E-state index is 0.312. The van der Waals surface area contributed by atoms with Gasteiger partial charge in [0.15, 0.2) is 0 Å². The van der Waals surface area contributed by atoms with Crippen molar-refractivity contribution in [2.24, 2.45) is 5.10 Å². The van der Waals surface area contributed by atoms with E-state index in [1.165, 1.54) is 0 Å². The molecular formula is C26H26N8. The van der Waals surface area contributed by atoms with E-state index in [9.17, 15) is 0 Å². The number of para-hydroxylation sites is 2. The van der Waals surface area contributed by atoms with Crippen LogP contribution >= 0.6 is 0 Å². The Balaban J connectivity index is 1.46. The number of rotatable bonds is 9. The fourth-order valence-corrected chi connectivity index (χ4v) is 3.01. The Kier molecular flexibility index (Phi) is 7.43. The van der Waals surface area contributed by atoms with Gasteiger partial charge < -0.3 is 15.5 Å². The smallest absolute Gasteiger partial charge is 0.250 e. The lowest BCUT2D eigenvalue weighted by molar-refractivity contribution is 1.04. The Morgan fingerprint density at radius 1 is 0.676 bits per heavy atom. The predicted octanol–water partition coefficient (Wildman–Crippen LogP) is 5.54. The Morgan fingerprint density at radius 3 is 1.74 bits per heavy atom. The van der Waals surface area contributed by atoms with Gasteiger partial charge in [-0.2, -0.15) is 20.1 Å². The lowest BCUT2D eigenvalue weighted by atomic mass is 10.2. The van der Waals surface area contributed by atoms with Gasteiger partial charge in [-0.3, -0.25) is 0 Å². The Morgan fingerprint density at radius 2 is 1.21 bits per heavy atom.